The first-order valence-corrected chi connectivity index (χ1v) is 10.5. The molecule has 0 spiro atoms. The maximum Gasteiger partial charge on any atom is 0.255 e. The molecular formula is C21H26N2O5S. The normalized spacial score (nSPS) is 11.2. The minimum Gasteiger partial charge on any atom is -0.496 e. The van der Waals surface area contributed by atoms with Crippen LogP contribution in [0.2, 0.25) is 0 Å². The lowest BCUT2D eigenvalue weighted by atomic mass is 10.2. The molecule has 0 radical (unpaired) electrons. The van der Waals surface area contributed by atoms with Crippen LogP contribution in [0.1, 0.15) is 22.8 Å². The van der Waals surface area contributed by atoms with Crippen LogP contribution in [0.25, 0.3) is 0 Å². The monoisotopic (exact) mass is 418 g/mol. The number of sulfonamides is 1. The number of carbonyl (C=O) groups is 1. The quantitative estimate of drug-likeness (QED) is 0.600. The van der Waals surface area contributed by atoms with Gasteiger partial charge in [-0.1, -0.05) is 24.8 Å². The second-order valence-electron chi connectivity index (χ2n) is 6.23. The summed E-state index contributed by atoms with van der Waals surface area (Å²) in [5, 5.41) is 2.66. The van der Waals surface area contributed by atoms with Crippen LogP contribution >= 0.6 is 0 Å². The Morgan fingerprint density at radius 3 is 2.48 bits per heavy atom. The molecule has 0 saturated carbocycles. The Balaban J connectivity index is 2.23. The lowest BCUT2D eigenvalue weighted by Crippen LogP contribution is -2.27. The zero-order valence-corrected chi connectivity index (χ0v) is 17.7. The molecule has 156 valence electrons. The third-order valence-electron chi connectivity index (χ3n) is 4.16. The number of nitrogens with one attached hydrogen (secondary N) is 1. The van der Waals surface area contributed by atoms with Crippen molar-refractivity contribution < 1.29 is 22.7 Å². The predicted molar refractivity (Wildman–Crippen MR) is 112 cm³/mol. The molecule has 0 aromatic heterocycles. The third kappa shape index (κ3) is 5.58. The molecule has 0 aliphatic heterocycles. The van der Waals surface area contributed by atoms with E-state index in [-0.39, 0.29) is 22.9 Å². The number of carbonyl (C=O) groups excluding carboxylic acids is 1. The van der Waals surface area contributed by atoms with Crippen LogP contribution in [0.15, 0.2) is 60.0 Å². The highest BCUT2D eigenvalue weighted by atomic mass is 32.2. The molecule has 0 fully saturated rings. The van der Waals surface area contributed by atoms with E-state index in [4.69, 9.17) is 9.47 Å². The van der Waals surface area contributed by atoms with Crippen LogP contribution in [0.3, 0.4) is 0 Å². The fourth-order valence-corrected chi connectivity index (χ4v) is 3.83. The van der Waals surface area contributed by atoms with E-state index in [0.717, 1.165) is 5.56 Å². The molecule has 2 rings (SSSR count). The molecule has 0 bridgehead atoms. The summed E-state index contributed by atoms with van der Waals surface area (Å²) in [7, 11) is -0.879. The Morgan fingerprint density at radius 2 is 1.90 bits per heavy atom. The van der Waals surface area contributed by atoms with Gasteiger partial charge in [0.15, 0.2) is 0 Å². The van der Waals surface area contributed by atoms with Crippen molar-refractivity contribution in [2.45, 2.75) is 18.4 Å². The van der Waals surface area contributed by atoms with Gasteiger partial charge in [0, 0.05) is 20.1 Å². The van der Waals surface area contributed by atoms with E-state index < -0.39 is 10.0 Å². The summed E-state index contributed by atoms with van der Waals surface area (Å²) < 4.78 is 37.8. The van der Waals surface area contributed by atoms with Crippen LogP contribution < -0.4 is 14.8 Å². The van der Waals surface area contributed by atoms with Gasteiger partial charge in [0.1, 0.15) is 18.1 Å². The number of hydrogen-bond donors (Lipinski definition) is 1. The Kier molecular flexibility index (Phi) is 7.81. The van der Waals surface area contributed by atoms with E-state index in [2.05, 4.69) is 11.9 Å². The highest BCUT2D eigenvalue weighted by Crippen LogP contribution is 2.25. The lowest BCUT2D eigenvalue weighted by Gasteiger charge is -2.19. The summed E-state index contributed by atoms with van der Waals surface area (Å²) in [4.78, 5) is 12.3. The number of rotatable bonds is 10. The molecular weight excluding hydrogens is 392 g/mol. The van der Waals surface area contributed by atoms with Gasteiger partial charge in [0.2, 0.25) is 10.0 Å². The highest BCUT2D eigenvalue weighted by molar-refractivity contribution is 7.89. The van der Waals surface area contributed by atoms with Gasteiger partial charge in [0.25, 0.3) is 5.91 Å². The molecule has 1 N–H and O–H groups in total. The number of amides is 1. The molecule has 0 aliphatic rings. The largest absolute Gasteiger partial charge is 0.496 e. The summed E-state index contributed by atoms with van der Waals surface area (Å²) in [5.41, 5.74) is 0.979. The zero-order chi connectivity index (χ0) is 21.4. The van der Waals surface area contributed by atoms with E-state index >= 15 is 0 Å². The first-order valence-electron chi connectivity index (χ1n) is 9.08. The van der Waals surface area contributed by atoms with Crippen LogP contribution in [-0.2, 0) is 16.6 Å². The molecule has 8 heteroatoms. The van der Waals surface area contributed by atoms with Crippen molar-refractivity contribution in [3.8, 4) is 11.5 Å². The molecule has 0 heterocycles. The average Bonchev–Trinajstić information content (AvgIpc) is 2.72. The van der Waals surface area contributed by atoms with E-state index in [1.807, 2.05) is 0 Å². The van der Waals surface area contributed by atoms with Crippen LogP contribution in [0.5, 0.6) is 11.5 Å². The van der Waals surface area contributed by atoms with Crippen molar-refractivity contribution in [3.05, 3.63) is 66.2 Å². The number of benzene rings is 2. The third-order valence-corrected chi connectivity index (χ3v) is 5.96. The van der Waals surface area contributed by atoms with Crippen molar-refractivity contribution in [2.24, 2.45) is 0 Å². The van der Waals surface area contributed by atoms with Crippen LogP contribution in [0, 0.1) is 0 Å². The highest BCUT2D eigenvalue weighted by Gasteiger charge is 2.24. The van der Waals surface area contributed by atoms with Crippen molar-refractivity contribution in [1.82, 2.24) is 9.62 Å². The van der Waals surface area contributed by atoms with Crippen LogP contribution in [-0.4, -0.2) is 45.9 Å². The molecule has 0 unspecified atom stereocenters. The predicted octanol–water partition coefficient (Wildman–Crippen LogP) is 2.83. The van der Waals surface area contributed by atoms with Gasteiger partial charge in [-0.05, 0) is 42.8 Å². The van der Waals surface area contributed by atoms with Crippen molar-refractivity contribution in [3.63, 3.8) is 0 Å². The molecule has 1 amide bonds. The summed E-state index contributed by atoms with van der Waals surface area (Å²) >= 11 is 0. The number of ether oxygens (including phenoxy) is 2. The minimum absolute atomic E-state index is 0.0213. The topological polar surface area (TPSA) is 84.9 Å². The molecule has 2 aromatic rings. The first kappa shape index (κ1) is 22.4. The average molecular weight is 419 g/mol. The standard InChI is InChI=1S/C21H26N2O5S/c1-5-13-28-17-9-7-16(8-10-17)15-23(3)29(25,26)18-11-12-20(27-4)19(14-18)21(24)22-6-2/h5,7-12,14H,1,6,13,15H2,2-4H3,(H,22,24). The van der Waals surface area contributed by atoms with Gasteiger partial charge >= 0.3 is 0 Å². The van der Waals surface area contributed by atoms with Gasteiger partial charge in [0.05, 0.1) is 17.6 Å². The second-order valence-corrected chi connectivity index (χ2v) is 8.27. The number of methoxy groups -OCH3 is 1. The second kappa shape index (κ2) is 10.1. The Bertz CT molecular complexity index is 956. The molecule has 2 aromatic carbocycles. The number of nitrogens with zero attached hydrogens (tertiary/aromatic N) is 1. The zero-order valence-electron chi connectivity index (χ0n) is 16.8. The van der Waals surface area contributed by atoms with E-state index in [1.54, 1.807) is 37.3 Å². The van der Waals surface area contributed by atoms with Gasteiger partial charge in [-0.2, -0.15) is 4.31 Å². The maximum atomic E-state index is 13.0. The van der Waals surface area contributed by atoms with Crippen LogP contribution in [0.4, 0.5) is 0 Å². The minimum atomic E-state index is -3.80. The molecule has 29 heavy (non-hydrogen) atoms. The van der Waals surface area contributed by atoms with Crippen molar-refractivity contribution in [1.29, 1.82) is 0 Å². The van der Waals surface area contributed by atoms with Gasteiger partial charge in [-0.15, -0.1) is 0 Å². The maximum absolute atomic E-state index is 13.0. The summed E-state index contributed by atoms with van der Waals surface area (Å²) in [6, 6.07) is 11.4. The van der Waals surface area contributed by atoms with Gasteiger partial charge < -0.3 is 14.8 Å². The Morgan fingerprint density at radius 1 is 1.21 bits per heavy atom. The fraction of sp³-hybridized carbons (Fsp3) is 0.286. The van der Waals surface area contributed by atoms with Crippen molar-refractivity contribution >= 4 is 15.9 Å². The van der Waals surface area contributed by atoms with Gasteiger partial charge in [-0.25, -0.2) is 8.42 Å². The lowest BCUT2D eigenvalue weighted by molar-refractivity contribution is 0.0952. The molecule has 0 atom stereocenters. The van der Waals surface area contributed by atoms with Gasteiger partial charge in [-0.3, -0.25) is 4.79 Å². The van der Waals surface area contributed by atoms with E-state index in [9.17, 15) is 13.2 Å². The summed E-state index contributed by atoms with van der Waals surface area (Å²) in [6.45, 7) is 6.38. The molecule has 7 nitrogen and oxygen atoms in total. The first-order chi connectivity index (χ1) is 13.8. The van der Waals surface area contributed by atoms with E-state index in [0.29, 0.717) is 24.7 Å². The molecule has 0 saturated heterocycles. The summed E-state index contributed by atoms with van der Waals surface area (Å²) in [6.07, 6.45) is 1.65. The molecule has 0 aliphatic carbocycles. The van der Waals surface area contributed by atoms with E-state index in [1.165, 1.54) is 36.7 Å². The SMILES string of the molecule is C=CCOc1ccc(CN(C)S(=O)(=O)c2ccc(OC)c(C(=O)NCC)c2)cc1. The summed E-state index contributed by atoms with van der Waals surface area (Å²) in [5.74, 6) is 0.604. The fourth-order valence-electron chi connectivity index (χ4n) is 2.65. The Labute approximate surface area is 172 Å². The van der Waals surface area contributed by atoms with Crippen molar-refractivity contribution in [2.75, 3.05) is 27.3 Å². The number of hydrogen-bond acceptors (Lipinski definition) is 5. The smallest absolute Gasteiger partial charge is 0.255 e. The Hall–Kier alpha value is -2.84.